The number of aromatic hydroxyl groups is 1. The molecule has 1 rings (SSSR count). The molecule has 2 heteroatoms. The van der Waals surface area contributed by atoms with Gasteiger partial charge >= 0.3 is 0 Å². The molecule has 1 nitrogen and oxygen atoms in total. The van der Waals surface area contributed by atoms with Gasteiger partial charge in [-0.2, -0.15) is 0 Å². The van der Waals surface area contributed by atoms with E-state index in [9.17, 15) is 5.11 Å². The predicted octanol–water partition coefficient (Wildman–Crippen LogP) is 4.41. The SMILES string of the molecule is CC(C)(C)c1cccc(C(C)(C)C)c1O.Cl. The maximum Gasteiger partial charge on any atom is 0.123 e. The van der Waals surface area contributed by atoms with Gasteiger partial charge in [0.1, 0.15) is 5.75 Å². The van der Waals surface area contributed by atoms with Gasteiger partial charge in [0.25, 0.3) is 0 Å². The normalized spacial score (nSPS) is 12.1. The summed E-state index contributed by atoms with van der Waals surface area (Å²) in [5.41, 5.74) is 2.03. The molecule has 0 spiro atoms. The van der Waals surface area contributed by atoms with Crippen LogP contribution in [0.25, 0.3) is 0 Å². The topological polar surface area (TPSA) is 20.2 Å². The molecule has 0 saturated heterocycles. The molecule has 0 amide bonds. The lowest BCUT2D eigenvalue weighted by Crippen LogP contribution is -2.16. The van der Waals surface area contributed by atoms with Crippen LogP contribution < -0.4 is 0 Å². The summed E-state index contributed by atoms with van der Waals surface area (Å²) in [5, 5.41) is 10.3. The van der Waals surface area contributed by atoms with Crippen LogP contribution in [0.15, 0.2) is 18.2 Å². The zero-order chi connectivity index (χ0) is 11.9. The van der Waals surface area contributed by atoms with E-state index in [1.807, 2.05) is 18.2 Å². The molecule has 1 aromatic rings. The first-order valence-corrected chi connectivity index (χ1v) is 5.47. The highest BCUT2D eigenvalue weighted by Crippen LogP contribution is 2.38. The largest absolute Gasteiger partial charge is 0.507 e. The Kier molecular flexibility index (Phi) is 4.46. The van der Waals surface area contributed by atoms with Crippen molar-refractivity contribution in [1.29, 1.82) is 0 Å². The van der Waals surface area contributed by atoms with Crippen molar-refractivity contribution < 1.29 is 5.11 Å². The first kappa shape index (κ1) is 15.3. The van der Waals surface area contributed by atoms with E-state index in [-0.39, 0.29) is 23.2 Å². The first-order valence-electron chi connectivity index (χ1n) is 5.47. The second-order valence-electron chi connectivity index (χ2n) is 6.20. The van der Waals surface area contributed by atoms with Crippen LogP contribution in [-0.2, 0) is 10.8 Å². The minimum Gasteiger partial charge on any atom is -0.507 e. The van der Waals surface area contributed by atoms with Gasteiger partial charge in [0.05, 0.1) is 0 Å². The Morgan fingerprint density at radius 3 is 1.38 bits per heavy atom. The van der Waals surface area contributed by atoms with E-state index < -0.39 is 0 Å². The maximum atomic E-state index is 10.3. The molecule has 16 heavy (non-hydrogen) atoms. The summed E-state index contributed by atoms with van der Waals surface area (Å²) in [5.74, 6) is 0.456. The Morgan fingerprint density at radius 1 is 0.812 bits per heavy atom. The summed E-state index contributed by atoms with van der Waals surface area (Å²) >= 11 is 0. The van der Waals surface area contributed by atoms with E-state index in [2.05, 4.69) is 41.5 Å². The van der Waals surface area contributed by atoms with Crippen molar-refractivity contribution >= 4 is 12.4 Å². The Morgan fingerprint density at radius 2 is 1.12 bits per heavy atom. The zero-order valence-electron chi connectivity index (χ0n) is 11.1. The molecule has 0 fully saturated rings. The lowest BCUT2D eigenvalue weighted by Gasteiger charge is -2.26. The molecule has 92 valence electrons. The van der Waals surface area contributed by atoms with Crippen LogP contribution in [0.2, 0.25) is 0 Å². The molecular formula is C14H23ClO. The lowest BCUT2D eigenvalue weighted by molar-refractivity contribution is 0.423. The number of hydrogen-bond donors (Lipinski definition) is 1. The predicted molar refractivity (Wildman–Crippen MR) is 72.8 cm³/mol. The van der Waals surface area contributed by atoms with Crippen molar-refractivity contribution in [2.24, 2.45) is 0 Å². The smallest absolute Gasteiger partial charge is 0.123 e. The van der Waals surface area contributed by atoms with Gasteiger partial charge in [-0.05, 0) is 22.0 Å². The van der Waals surface area contributed by atoms with Crippen molar-refractivity contribution in [3.63, 3.8) is 0 Å². The summed E-state index contributed by atoms with van der Waals surface area (Å²) in [7, 11) is 0. The molecule has 0 atom stereocenters. The number of phenols is 1. The Balaban J connectivity index is 0.00000225. The molecule has 0 aliphatic heterocycles. The number of phenolic OH excluding ortho intramolecular Hbond substituents is 1. The summed E-state index contributed by atoms with van der Waals surface area (Å²) < 4.78 is 0. The second kappa shape index (κ2) is 4.67. The van der Waals surface area contributed by atoms with Crippen LogP contribution in [-0.4, -0.2) is 5.11 Å². The molecule has 1 N–H and O–H groups in total. The second-order valence-corrected chi connectivity index (χ2v) is 6.20. The molecule has 0 aliphatic carbocycles. The maximum absolute atomic E-state index is 10.3. The highest BCUT2D eigenvalue weighted by Gasteiger charge is 2.24. The molecular weight excluding hydrogens is 220 g/mol. The van der Waals surface area contributed by atoms with Gasteiger partial charge in [-0.1, -0.05) is 59.7 Å². The van der Waals surface area contributed by atoms with E-state index in [1.54, 1.807) is 0 Å². The van der Waals surface area contributed by atoms with Crippen LogP contribution in [0, 0.1) is 0 Å². The molecule has 1 aromatic carbocycles. The number of rotatable bonds is 0. The van der Waals surface area contributed by atoms with Crippen molar-refractivity contribution in [3.05, 3.63) is 29.3 Å². The standard InChI is InChI=1S/C14H22O.ClH/c1-13(2,3)10-8-7-9-11(12(10)15)14(4,5)6;/h7-9,15H,1-6H3;1H. The monoisotopic (exact) mass is 242 g/mol. The van der Waals surface area contributed by atoms with Crippen molar-refractivity contribution in [1.82, 2.24) is 0 Å². The van der Waals surface area contributed by atoms with E-state index in [4.69, 9.17) is 0 Å². The summed E-state index contributed by atoms with van der Waals surface area (Å²) in [4.78, 5) is 0. The van der Waals surface area contributed by atoms with E-state index in [0.717, 1.165) is 11.1 Å². The van der Waals surface area contributed by atoms with Gasteiger partial charge in [-0.3, -0.25) is 0 Å². The highest BCUT2D eigenvalue weighted by atomic mass is 35.5. The summed E-state index contributed by atoms with van der Waals surface area (Å²) in [6.07, 6.45) is 0. The van der Waals surface area contributed by atoms with Gasteiger partial charge in [0.2, 0.25) is 0 Å². The summed E-state index contributed by atoms with van der Waals surface area (Å²) in [6.45, 7) is 12.7. The lowest BCUT2D eigenvalue weighted by atomic mass is 9.80. The zero-order valence-corrected chi connectivity index (χ0v) is 11.9. The van der Waals surface area contributed by atoms with Gasteiger partial charge in [0, 0.05) is 0 Å². The summed E-state index contributed by atoms with van der Waals surface area (Å²) in [6, 6.07) is 6.04. The molecule has 0 bridgehead atoms. The quantitative estimate of drug-likeness (QED) is 0.715. The Bertz CT molecular complexity index is 324. The fourth-order valence-electron chi connectivity index (χ4n) is 1.75. The Hall–Kier alpha value is -0.690. The molecule has 0 radical (unpaired) electrons. The van der Waals surface area contributed by atoms with Crippen LogP contribution >= 0.6 is 12.4 Å². The highest BCUT2D eigenvalue weighted by molar-refractivity contribution is 5.85. The van der Waals surface area contributed by atoms with Crippen LogP contribution in [0.5, 0.6) is 5.75 Å². The minimum atomic E-state index is -0.00859. The number of para-hydroxylation sites is 1. The third-order valence-corrected chi connectivity index (χ3v) is 2.65. The van der Waals surface area contributed by atoms with Gasteiger partial charge < -0.3 is 5.11 Å². The fourth-order valence-corrected chi connectivity index (χ4v) is 1.75. The van der Waals surface area contributed by atoms with Crippen molar-refractivity contribution in [2.45, 2.75) is 52.4 Å². The third-order valence-electron chi connectivity index (χ3n) is 2.65. The van der Waals surface area contributed by atoms with Crippen LogP contribution in [0.1, 0.15) is 52.7 Å². The molecule has 0 unspecified atom stereocenters. The number of benzene rings is 1. The van der Waals surface area contributed by atoms with Crippen molar-refractivity contribution in [3.8, 4) is 5.75 Å². The minimum absolute atomic E-state index is 0. The van der Waals surface area contributed by atoms with Gasteiger partial charge in [0.15, 0.2) is 0 Å². The van der Waals surface area contributed by atoms with Gasteiger partial charge in [-0.15, -0.1) is 12.4 Å². The van der Waals surface area contributed by atoms with E-state index in [0.29, 0.717) is 5.75 Å². The van der Waals surface area contributed by atoms with E-state index >= 15 is 0 Å². The average molecular weight is 243 g/mol. The number of halogens is 1. The van der Waals surface area contributed by atoms with Crippen LogP contribution in [0.3, 0.4) is 0 Å². The molecule has 0 aromatic heterocycles. The number of hydrogen-bond acceptors (Lipinski definition) is 1. The first-order chi connectivity index (χ1) is 6.64. The third kappa shape index (κ3) is 3.15. The van der Waals surface area contributed by atoms with Crippen molar-refractivity contribution in [2.75, 3.05) is 0 Å². The fraction of sp³-hybridized carbons (Fsp3) is 0.571. The molecule has 0 aliphatic rings. The Labute approximate surface area is 105 Å². The molecule has 0 heterocycles. The van der Waals surface area contributed by atoms with E-state index in [1.165, 1.54) is 0 Å². The average Bonchev–Trinajstić information content (AvgIpc) is 1.99. The molecule has 0 saturated carbocycles. The van der Waals surface area contributed by atoms with Crippen LogP contribution in [0.4, 0.5) is 0 Å². The van der Waals surface area contributed by atoms with Gasteiger partial charge in [-0.25, -0.2) is 0 Å².